The van der Waals surface area contributed by atoms with Gasteiger partial charge in [-0.05, 0) is 31.2 Å². The van der Waals surface area contributed by atoms with Gasteiger partial charge in [-0.25, -0.2) is 9.37 Å². The van der Waals surface area contributed by atoms with Crippen LogP contribution in [0.4, 0.5) is 10.1 Å². The van der Waals surface area contributed by atoms with Crippen molar-refractivity contribution in [2.24, 2.45) is 0 Å². The number of halogens is 4. The van der Waals surface area contributed by atoms with Gasteiger partial charge < -0.3 is 5.32 Å². The van der Waals surface area contributed by atoms with Gasteiger partial charge in [0.25, 0.3) is 0 Å². The van der Waals surface area contributed by atoms with Gasteiger partial charge in [-0.3, -0.25) is 4.79 Å². The van der Waals surface area contributed by atoms with Crippen LogP contribution < -0.4 is 5.32 Å². The summed E-state index contributed by atoms with van der Waals surface area (Å²) in [5, 5.41) is 3.24. The molecule has 1 aromatic heterocycles. The summed E-state index contributed by atoms with van der Waals surface area (Å²) >= 11 is 17.9. The monoisotopic (exact) mass is 346 g/mol. The predicted molar refractivity (Wildman–Crippen MR) is 82.7 cm³/mol. The Hall–Kier alpha value is -1.36. The fourth-order valence-corrected chi connectivity index (χ4v) is 2.61. The maximum Gasteiger partial charge on any atom is 0.229 e. The van der Waals surface area contributed by atoms with E-state index in [1.165, 1.54) is 12.1 Å². The first-order valence-corrected chi connectivity index (χ1v) is 7.06. The van der Waals surface area contributed by atoms with Crippen LogP contribution in [0.25, 0.3) is 0 Å². The highest BCUT2D eigenvalue weighted by Gasteiger charge is 2.14. The van der Waals surface area contributed by atoms with Gasteiger partial charge in [0, 0.05) is 16.3 Å². The van der Waals surface area contributed by atoms with Crippen molar-refractivity contribution in [3.63, 3.8) is 0 Å². The van der Waals surface area contributed by atoms with E-state index in [0.29, 0.717) is 22.0 Å². The molecule has 0 atom stereocenters. The average molecular weight is 348 g/mol. The maximum absolute atomic E-state index is 12.9. The number of anilines is 1. The number of amides is 1. The van der Waals surface area contributed by atoms with Crippen LogP contribution in [-0.4, -0.2) is 10.9 Å². The molecule has 0 bridgehead atoms. The second-order valence-corrected chi connectivity index (χ2v) is 5.54. The summed E-state index contributed by atoms with van der Waals surface area (Å²) in [5.74, 6) is -0.857. The van der Waals surface area contributed by atoms with Crippen LogP contribution in [-0.2, 0) is 11.2 Å². The Kier molecular flexibility index (Phi) is 5.04. The second kappa shape index (κ2) is 6.60. The SMILES string of the molecule is Cc1cc(Cl)c(CC(=O)Nc2ccc(F)cc2Cl)c(Cl)n1. The zero-order chi connectivity index (χ0) is 15.6. The van der Waals surface area contributed by atoms with Gasteiger partial charge >= 0.3 is 0 Å². The highest BCUT2D eigenvalue weighted by Crippen LogP contribution is 2.26. The number of hydrogen-bond acceptors (Lipinski definition) is 2. The number of aromatic nitrogens is 1. The van der Waals surface area contributed by atoms with E-state index in [-0.39, 0.29) is 22.5 Å². The van der Waals surface area contributed by atoms with Crippen molar-refractivity contribution in [2.45, 2.75) is 13.3 Å². The molecule has 0 spiro atoms. The standard InChI is InChI=1S/C14H10Cl3FN2O/c1-7-4-10(15)9(14(17)19-7)6-13(21)20-12-3-2-8(18)5-11(12)16/h2-5H,6H2,1H3,(H,20,21). The molecule has 0 saturated heterocycles. The van der Waals surface area contributed by atoms with E-state index in [1.54, 1.807) is 13.0 Å². The number of carbonyl (C=O) groups excluding carboxylic acids is 1. The first-order valence-electron chi connectivity index (χ1n) is 5.93. The van der Waals surface area contributed by atoms with Crippen molar-refractivity contribution in [1.82, 2.24) is 4.98 Å². The molecule has 1 N–H and O–H groups in total. The number of pyridine rings is 1. The summed E-state index contributed by atoms with van der Waals surface area (Å²) in [6, 6.07) is 5.33. The number of nitrogens with zero attached hydrogens (tertiary/aromatic N) is 1. The third-order valence-electron chi connectivity index (χ3n) is 2.69. The molecule has 2 rings (SSSR count). The van der Waals surface area contributed by atoms with Crippen molar-refractivity contribution in [2.75, 3.05) is 5.32 Å². The minimum atomic E-state index is -0.480. The van der Waals surface area contributed by atoms with Gasteiger partial charge in [0.05, 0.1) is 17.1 Å². The quantitative estimate of drug-likeness (QED) is 0.820. The van der Waals surface area contributed by atoms with Crippen LogP contribution in [0.1, 0.15) is 11.3 Å². The Balaban J connectivity index is 2.16. The van der Waals surface area contributed by atoms with E-state index in [2.05, 4.69) is 10.3 Å². The van der Waals surface area contributed by atoms with Gasteiger partial charge in [-0.15, -0.1) is 0 Å². The highest BCUT2D eigenvalue weighted by molar-refractivity contribution is 6.36. The maximum atomic E-state index is 12.9. The molecule has 7 heteroatoms. The molecule has 110 valence electrons. The Morgan fingerprint density at radius 1 is 1.24 bits per heavy atom. The largest absolute Gasteiger partial charge is 0.324 e. The molecule has 0 aliphatic carbocycles. The topological polar surface area (TPSA) is 42.0 Å². The number of rotatable bonds is 3. The number of hydrogen-bond donors (Lipinski definition) is 1. The smallest absolute Gasteiger partial charge is 0.229 e. The third-order valence-corrected chi connectivity index (χ3v) is 3.65. The van der Waals surface area contributed by atoms with E-state index >= 15 is 0 Å². The Morgan fingerprint density at radius 2 is 1.95 bits per heavy atom. The molecule has 0 radical (unpaired) electrons. The molecule has 21 heavy (non-hydrogen) atoms. The molecule has 2 aromatic rings. The molecule has 3 nitrogen and oxygen atoms in total. The summed E-state index contributed by atoms with van der Waals surface area (Å²) in [4.78, 5) is 16.0. The number of aryl methyl sites for hydroxylation is 1. The van der Waals surface area contributed by atoms with Crippen molar-refractivity contribution < 1.29 is 9.18 Å². The number of carbonyl (C=O) groups is 1. The van der Waals surface area contributed by atoms with Crippen LogP contribution >= 0.6 is 34.8 Å². The Morgan fingerprint density at radius 3 is 2.57 bits per heavy atom. The van der Waals surface area contributed by atoms with E-state index in [9.17, 15) is 9.18 Å². The number of nitrogens with one attached hydrogen (secondary N) is 1. The zero-order valence-electron chi connectivity index (χ0n) is 10.9. The Bertz CT molecular complexity index is 684. The van der Waals surface area contributed by atoms with Crippen molar-refractivity contribution in [3.8, 4) is 0 Å². The molecular weight excluding hydrogens is 338 g/mol. The first-order chi connectivity index (χ1) is 9.86. The van der Waals surface area contributed by atoms with Crippen molar-refractivity contribution >= 4 is 46.4 Å². The minimum Gasteiger partial charge on any atom is -0.324 e. The zero-order valence-corrected chi connectivity index (χ0v) is 13.2. The van der Waals surface area contributed by atoms with Crippen LogP contribution in [0, 0.1) is 12.7 Å². The van der Waals surface area contributed by atoms with Crippen LogP contribution in [0.15, 0.2) is 24.3 Å². The van der Waals surface area contributed by atoms with Gasteiger partial charge in [0.2, 0.25) is 5.91 Å². The summed E-state index contributed by atoms with van der Waals surface area (Å²) in [5.41, 5.74) is 1.41. The van der Waals surface area contributed by atoms with E-state index in [0.717, 1.165) is 6.07 Å². The van der Waals surface area contributed by atoms with Gasteiger partial charge in [0.15, 0.2) is 0 Å². The first kappa shape index (κ1) is 16.0. The molecule has 1 aromatic carbocycles. The lowest BCUT2D eigenvalue weighted by molar-refractivity contribution is -0.115. The molecule has 1 heterocycles. The predicted octanol–water partition coefficient (Wildman–Crippen LogP) is 4.67. The number of benzene rings is 1. The van der Waals surface area contributed by atoms with Crippen molar-refractivity contribution in [3.05, 3.63) is 56.5 Å². The highest BCUT2D eigenvalue weighted by atomic mass is 35.5. The van der Waals surface area contributed by atoms with E-state index in [4.69, 9.17) is 34.8 Å². The normalized spacial score (nSPS) is 10.5. The fourth-order valence-electron chi connectivity index (χ4n) is 1.73. The van der Waals surface area contributed by atoms with E-state index in [1.807, 2.05) is 0 Å². The lowest BCUT2D eigenvalue weighted by atomic mass is 10.2. The molecule has 0 fully saturated rings. The second-order valence-electron chi connectivity index (χ2n) is 4.36. The molecule has 0 aliphatic rings. The molecule has 0 aliphatic heterocycles. The third kappa shape index (κ3) is 4.06. The molecular formula is C14H10Cl3FN2O. The van der Waals surface area contributed by atoms with Gasteiger partial charge in [0.1, 0.15) is 11.0 Å². The summed E-state index contributed by atoms with van der Waals surface area (Å²) < 4.78 is 12.9. The molecule has 0 unspecified atom stereocenters. The van der Waals surface area contributed by atoms with Crippen LogP contribution in [0.2, 0.25) is 15.2 Å². The summed E-state index contributed by atoms with van der Waals surface area (Å²) in [7, 11) is 0. The fraction of sp³-hybridized carbons (Fsp3) is 0.143. The summed E-state index contributed by atoms with van der Waals surface area (Å²) in [6.45, 7) is 1.75. The lowest BCUT2D eigenvalue weighted by Gasteiger charge is -2.09. The minimum absolute atomic E-state index is 0.0569. The van der Waals surface area contributed by atoms with E-state index < -0.39 is 5.82 Å². The molecule has 1 amide bonds. The Labute approximate surface area is 136 Å². The van der Waals surface area contributed by atoms with Gasteiger partial charge in [-0.1, -0.05) is 34.8 Å². The van der Waals surface area contributed by atoms with Gasteiger partial charge in [-0.2, -0.15) is 0 Å². The summed E-state index contributed by atoms with van der Waals surface area (Å²) in [6.07, 6.45) is -0.0569. The molecule has 0 saturated carbocycles. The van der Waals surface area contributed by atoms with Crippen LogP contribution in [0.3, 0.4) is 0 Å². The van der Waals surface area contributed by atoms with Crippen molar-refractivity contribution in [1.29, 1.82) is 0 Å². The average Bonchev–Trinajstić information content (AvgIpc) is 2.37. The lowest BCUT2D eigenvalue weighted by Crippen LogP contribution is -2.15. The van der Waals surface area contributed by atoms with Crippen LogP contribution in [0.5, 0.6) is 0 Å².